The summed E-state index contributed by atoms with van der Waals surface area (Å²) in [6, 6.07) is 13.3. The van der Waals surface area contributed by atoms with Crippen LogP contribution >= 0.6 is 11.6 Å². The van der Waals surface area contributed by atoms with Gasteiger partial charge in [-0.3, -0.25) is 4.98 Å². The fourth-order valence-electron chi connectivity index (χ4n) is 2.25. The molecular weight excluding hydrogens is 334 g/mol. The molecule has 3 aromatic rings. The average Bonchev–Trinajstić information content (AvgIpc) is 2.56. The molecule has 0 atom stereocenters. The van der Waals surface area contributed by atoms with Gasteiger partial charge in [-0.2, -0.15) is 4.98 Å². The van der Waals surface area contributed by atoms with Gasteiger partial charge in [0.15, 0.2) is 0 Å². The van der Waals surface area contributed by atoms with E-state index >= 15 is 0 Å². The molecule has 5 nitrogen and oxygen atoms in total. The Bertz CT molecular complexity index is 842. The number of anilines is 3. The largest absolute Gasteiger partial charge is 0.350 e. The van der Waals surface area contributed by atoms with Crippen molar-refractivity contribution in [1.82, 2.24) is 15.0 Å². The lowest BCUT2D eigenvalue weighted by molar-refractivity contribution is 0.626. The Morgan fingerprint density at radius 1 is 1.00 bits per heavy atom. The normalized spacial score (nSPS) is 11.2. The van der Waals surface area contributed by atoms with E-state index in [0.29, 0.717) is 16.8 Å². The molecule has 0 aliphatic heterocycles. The minimum atomic E-state index is -0.148. The maximum atomic E-state index is 5.95. The predicted octanol–water partition coefficient (Wildman–Crippen LogP) is 5.15. The Kier molecular flexibility index (Phi) is 4.86. The van der Waals surface area contributed by atoms with Crippen LogP contribution in [0.3, 0.4) is 0 Å². The van der Waals surface area contributed by atoms with Gasteiger partial charge in [-0.25, -0.2) is 4.98 Å². The van der Waals surface area contributed by atoms with E-state index in [0.717, 1.165) is 16.9 Å². The summed E-state index contributed by atoms with van der Waals surface area (Å²) in [6.45, 7) is 6.21. The number of halogens is 1. The topological polar surface area (TPSA) is 62.7 Å². The summed E-state index contributed by atoms with van der Waals surface area (Å²) in [7, 11) is 0. The van der Waals surface area contributed by atoms with Crippen molar-refractivity contribution >= 4 is 29.1 Å². The molecule has 0 unspecified atom stereocenters. The molecule has 0 spiro atoms. The number of pyridine rings is 1. The zero-order valence-corrected chi connectivity index (χ0v) is 15.2. The smallest absolute Gasteiger partial charge is 0.225 e. The van der Waals surface area contributed by atoms with Gasteiger partial charge >= 0.3 is 0 Å². The fourth-order valence-corrected chi connectivity index (χ4v) is 2.37. The van der Waals surface area contributed by atoms with E-state index in [1.165, 1.54) is 0 Å². The van der Waals surface area contributed by atoms with Gasteiger partial charge in [-0.1, -0.05) is 11.6 Å². The number of aromatic nitrogens is 3. The van der Waals surface area contributed by atoms with Crippen LogP contribution < -0.4 is 10.6 Å². The summed E-state index contributed by atoms with van der Waals surface area (Å²) in [4.78, 5) is 13.4. The zero-order valence-electron chi connectivity index (χ0n) is 14.4. The predicted molar refractivity (Wildman–Crippen MR) is 103 cm³/mol. The standard InChI is InChI=1S/C19H20ClN5/c1-19(2,3)25-18-23-16(13-5-4-10-21-12-13)11-17(24-18)22-15-8-6-14(20)7-9-15/h4-12H,1-3H3,(H2,22,23,24,25). The third-order valence-electron chi connectivity index (χ3n) is 3.29. The van der Waals surface area contributed by atoms with Crippen molar-refractivity contribution in [3.05, 3.63) is 59.9 Å². The molecule has 0 aliphatic carbocycles. The molecule has 2 aromatic heterocycles. The SMILES string of the molecule is CC(C)(C)Nc1nc(Nc2ccc(Cl)cc2)cc(-c2cccnc2)n1. The van der Waals surface area contributed by atoms with Gasteiger partial charge in [0.05, 0.1) is 5.69 Å². The van der Waals surface area contributed by atoms with Gasteiger partial charge in [-0.15, -0.1) is 0 Å². The van der Waals surface area contributed by atoms with E-state index in [9.17, 15) is 0 Å². The molecule has 2 heterocycles. The average molecular weight is 354 g/mol. The highest BCUT2D eigenvalue weighted by Crippen LogP contribution is 2.24. The summed E-state index contributed by atoms with van der Waals surface area (Å²) in [5.74, 6) is 1.26. The van der Waals surface area contributed by atoms with Crippen molar-refractivity contribution in [3.8, 4) is 11.3 Å². The monoisotopic (exact) mass is 353 g/mol. The van der Waals surface area contributed by atoms with Crippen LogP contribution in [0.15, 0.2) is 54.9 Å². The molecule has 128 valence electrons. The quantitative estimate of drug-likeness (QED) is 0.679. The summed E-state index contributed by atoms with van der Waals surface area (Å²) in [5, 5.41) is 7.31. The lowest BCUT2D eigenvalue weighted by atomic mass is 10.1. The second-order valence-electron chi connectivity index (χ2n) is 6.71. The van der Waals surface area contributed by atoms with Crippen molar-refractivity contribution in [2.75, 3.05) is 10.6 Å². The molecule has 0 saturated carbocycles. The molecule has 0 bridgehead atoms. The number of rotatable bonds is 4. The first-order valence-electron chi connectivity index (χ1n) is 7.99. The molecule has 1 aromatic carbocycles. The first-order valence-corrected chi connectivity index (χ1v) is 8.37. The Morgan fingerprint density at radius 3 is 2.40 bits per heavy atom. The highest BCUT2D eigenvalue weighted by Gasteiger charge is 2.14. The fraction of sp³-hybridized carbons (Fsp3) is 0.211. The summed E-state index contributed by atoms with van der Waals surface area (Å²) >= 11 is 5.95. The third-order valence-corrected chi connectivity index (χ3v) is 3.54. The molecule has 0 fully saturated rings. The second kappa shape index (κ2) is 7.07. The number of hydrogen-bond donors (Lipinski definition) is 2. The van der Waals surface area contributed by atoms with Crippen LogP contribution in [-0.2, 0) is 0 Å². The maximum absolute atomic E-state index is 5.95. The first kappa shape index (κ1) is 17.2. The van der Waals surface area contributed by atoms with Crippen LogP contribution in [0.4, 0.5) is 17.5 Å². The van der Waals surface area contributed by atoms with E-state index in [-0.39, 0.29) is 5.54 Å². The van der Waals surface area contributed by atoms with Gasteiger partial charge in [-0.05, 0) is 57.2 Å². The van der Waals surface area contributed by atoms with Crippen molar-refractivity contribution in [1.29, 1.82) is 0 Å². The van der Waals surface area contributed by atoms with Gasteiger partial charge in [0.25, 0.3) is 0 Å². The molecule has 25 heavy (non-hydrogen) atoms. The number of nitrogens with zero attached hydrogens (tertiary/aromatic N) is 3. The van der Waals surface area contributed by atoms with Crippen LogP contribution in [0.1, 0.15) is 20.8 Å². The second-order valence-corrected chi connectivity index (χ2v) is 7.15. The molecule has 2 N–H and O–H groups in total. The van der Waals surface area contributed by atoms with E-state index in [2.05, 4.69) is 46.4 Å². The van der Waals surface area contributed by atoms with Gasteiger partial charge in [0, 0.05) is 40.3 Å². The Balaban J connectivity index is 1.98. The highest BCUT2D eigenvalue weighted by atomic mass is 35.5. The van der Waals surface area contributed by atoms with E-state index in [1.807, 2.05) is 42.5 Å². The molecule has 0 aliphatic rings. The summed E-state index contributed by atoms with van der Waals surface area (Å²) < 4.78 is 0. The third kappa shape index (κ3) is 4.90. The van der Waals surface area contributed by atoms with Crippen molar-refractivity contribution in [3.63, 3.8) is 0 Å². The maximum Gasteiger partial charge on any atom is 0.225 e. The van der Waals surface area contributed by atoms with Crippen LogP contribution in [0, 0.1) is 0 Å². The Labute approximate surface area is 152 Å². The summed E-state index contributed by atoms with van der Waals surface area (Å²) in [6.07, 6.45) is 3.53. The number of nitrogens with one attached hydrogen (secondary N) is 2. The first-order chi connectivity index (χ1) is 11.9. The van der Waals surface area contributed by atoms with E-state index in [4.69, 9.17) is 11.6 Å². The minimum absolute atomic E-state index is 0.148. The van der Waals surface area contributed by atoms with Crippen LogP contribution in [0.2, 0.25) is 5.02 Å². The van der Waals surface area contributed by atoms with Crippen LogP contribution in [-0.4, -0.2) is 20.5 Å². The van der Waals surface area contributed by atoms with Crippen LogP contribution in [0.5, 0.6) is 0 Å². The molecule has 0 radical (unpaired) electrons. The molecule has 6 heteroatoms. The van der Waals surface area contributed by atoms with Gasteiger partial charge in [0.2, 0.25) is 5.95 Å². The molecule has 3 rings (SSSR count). The molecule has 0 amide bonds. The van der Waals surface area contributed by atoms with Crippen molar-refractivity contribution in [2.24, 2.45) is 0 Å². The summed E-state index contributed by atoms with van der Waals surface area (Å²) in [5.41, 5.74) is 2.49. The lowest BCUT2D eigenvalue weighted by Gasteiger charge is -2.21. The zero-order chi connectivity index (χ0) is 17.9. The Morgan fingerprint density at radius 2 is 1.76 bits per heavy atom. The van der Waals surface area contributed by atoms with E-state index < -0.39 is 0 Å². The number of benzene rings is 1. The van der Waals surface area contributed by atoms with Gasteiger partial charge < -0.3 is 10.6 Å². The highest BCUT2D eigenvalue weighted by molar-refractivity contribution is 6.30. The minimum Gasteiger partial charge on any atom is -0.350 e. The molecule has 0 saturated heterocycles. The van der Waals surface area contributed by atoms with Crippen LogP contribution in [0.25, 0.3) is 11.3 Å². The lowest BCUT2D eigenvalue weighted by Crippen LogP contribution is -2.27. The molecular formula is C19H20ClN5. The van der Waals surface area contributed by atoms with Crippen molar-refractivity contribution in [2.45, 2.75) is 26.3 Å². The van der Waals surface area contributed by atoms with Gasteiger partial charge in [0.1, 0.15) is 5.82 Å². The Hall–Kier alpha value is -2.66. The number of hydrogen-bond acceptors (Lipinski definition) is 5. The van der Waals surface area contributed by atoms with E-state index in [1.54, 1.807) is 12.4 Å². The van der Waals surface area contributed by atoms with Crippen molar-refractivity contribution < 1.29 is 0 Å².